The molecule has 2 atom stereocenters. The van der Waals surface area contributed by atoms with Crippen LogP contribution < -0.4 is 0 Å². The third-order valence-corrected chi connectivity index (χ3v) is 3.88. The summed E-state index contributed by atoms with van der Waals surface area (Å²) in [5, 5.41) is 3.39. The molecule has 13 heavy (non-hydrogen) atoms. The predicted octanol–water partition coefficient (Wildman–Crippen LogP) is 2.29. The molecule has 0 aromatic carbocycles. The highest BCUT2D eigenvalue weighted by atomic mass is 32.1. The second-order valence-corrected chi connectivity index (χ2v) is 4.97. The molecule has 1 aliphatic heterocycles. The maximum atomic E-state index is 4.47. The Labute approximate surface area is 83.6 Å². The molecule has 1 fully saturated rings. The fraction of sp³-hybridized carbons (Fsp3) is 0.700. The first-order valence-corrected chi connectivity index (χ1v) is 5.70. The van der Waals surface area contributed by atoms with Crippen molar-refractivity contribution in [1.82, 2.24) is 9.88 Å². The fourth-order valence-corrected chi connectivity index (χ4v) is 2.56. The number of hydrogen-bond acceptors (Lipinski definition) is 3. The van der Waals surface area contributed by atoms with E-state index in [0.29, 0.717) is 0 Å². The summed E-state index contributed by atoms with van der Waals surface area (Å²) < 4.78 is 0. The van der Waals surface area contributed by atoms with E-state index in [0.717, 1.165) is 24.2 Å². The Hall–Kier alpha value is -0.410. The van der Waals surface area contributed by atoms with Crippen LogP contribution in [0.25, 0.3) is 0 Å². The summed E-state index contributed by atoms with van der Waals surface area (Å²) in [5.41, 5.74) is 1.15. The number of aryl methyl sites for hydroxylation is 1. The zero-order valence-corrected chi connectivity index (χ0v) is 9.27. The minimum absolute atomic E-state index is 0.740. The number of rotatable bonds is 2. The summed E-state index contributed by atoms with van der Waals surface area (Å²) in [7, 11) is 0. The van der Waals surface area contributed by atoms with Gasteiger partial charge in [0.2, 0.25) is 0 Å². The summed E-state index contributed by atoms with van der Waals surface area (Å²) >= 11 is 1.78. The van der Waals surface area contributed by atoms with Gasteiger partial charge < -0.3 is 0 Å². The molecule has 0 amide bonds. The monoisotopic (exact) mass is 196 g/mol. The number of hydrogen-bond donors (Lipinski definition) is 0. The standard InChI is InChI=1S/C10H16N2S/c1-7-4-12(9(7)3)5-10-11-8(2)6-13-10/h6-7,9H,4-5H2,1-3H3. The molecule has 0 aliphatic carbocycles. The number of likely N-dealkylation sites (tertiary alicyclic amines) is 1. The maximum Gasteiger partial charge on any atom is 0.107 e. The van der Waals surface area contributed by atoms with Crippen LogP contribution in [-0.2, 0) is 6.54 Å². The van der Waals surface area contributed by atoms with E-state index in [1.165, 1.54) is 11.6 Å². The molecule has 0 radical (unpaired) electrons. The zero-order chi connectivity index (χ0) is 9.42. The molecule has 0 N–H and O–H groups in total. The number of aromatic nitrogens is 1. The van der Waals surface area contributed by atoms with Crippen LogP contribution in [0.15, 0.2) is 5.38 Å². The van der Waals surface area contributed by atoms with Gasteiger partial charge in [-0.05, 0) is 19.8 Å². The maximum absolute atomic E-state index is 4.47. The Kier molecular flexibility index (Phi) is 2.39. The van der Waals surface area contributed by atoms with Crippen molar-refractivity contribution >= 4 is 11.3 Å². The van der Waals surface area contributed by atoms with Gasteiger partial charge in [-0.3, -0.25) is 4.90 Å². The molecule has 1 saturated heterocycles. The van der Waals surface area contributed by atoms with Crippen molar-refractivity contribution in [2.75, 3.05) is 6.54 Å². The summed E-state index contributed by atoms with van der Waals surface area (Å²) in [6.45, 7) is 8.95. The van der Waals surface area contributed by atoms with Crippen LogP contribution in [0.3, 0.4) is 0 Å². The van der Waals surface area contributed by atoms with E-state index in [4.69, 9.17) is 0 Å². The molecule has 2 rings (SSSR count). The fourth-order valence-electron chi connectivity index (χ4n) is 1.77. The van der Waals surface area contributed by atoms with E-state index in [1.54, 1.807) is 11.3 Å². The summed E-state index contributed by atoms with van der Waals surface area (Å²) in [6.07, 6.45) is 0. The third-order valence-electron chi connectivity index (χ3n) is 2.93. The van der Waals surface area contributed by atoms with Crippen molar-refractivity contribution in [2.45, 2.75) is 33.4 Å². The Morgan fingerprint density at radius 1 is 1.62 bits per heavy atom. The molecule has 2 unspecified atom stereocenters. The van der Waals surface area contributed by atoms with Gasteiger partial charge in [0.1, 0.15) is 5.01 Å². The molecule has 1 aliphatic rings. The first kappa shape index (κ1) is 9.16. The largest absolute Gasteiger partial charge is 0.293 e. The molecule has 2 heterocycles. The van der Waals surface area contributed by atoms with Crippen molar-refractivity contribution in [1.29, 1.82) is 0 Å². The summed E-state index contributed by atoms with van der Waals surface area (Å²) in [4.78, 5) is 6.96. The summed E-state index contributed by atoms with van der Waals surface area (Å²) in [6, 6.07) is 0.740. The highest BCUT2D eigenvalue weighted by Crippen LogP contribution is 2.26. The van der Waals surface area contributed by atoms with Crippen LogP contribution in [-0.4, -0.2) is 22.5 Å². The minimum Gasteiger partial charge on any atom is -0.293 e. The van der Waals surface area contributed by atoms with Crippen LogP contribution >= 0.6 is 11.3 Å². The molecule has 72 valence electrons. The van der Waals surface area contributed by atoms with E-state index in [9.17, 15) is 0 Å². The van der Waals surface area contributed by atoms with Crippen molar-refractivity contribution < 1.29 is 0 Å². The quantitative estimate of drug-likeness (QED) is 0.721. The van der Waals surface area contributed by atoms with Gasteiger partial charge in [-0.2, -0.15) is 0 Å². The van der Waals surface area contributed by atoms with E-state index in [1.807, 2.05) is 0 Å². The molecule has 0 spiro atoms. The van der Waals surface area contributed by atoms with Gasteiger partial charge in [0.05, 0.1) is 6.54 Å². The predicted molar refractivity (Wildman–Crippen MR) is 55.9 cm³/mol. The second-order valence-electron chi connectivity index (χ2n) is 4.03. The van der Waals surface area contributed by atoms with Crippen molar-refractivity contribution in [2.24, 2.45) is 5.92 Å². The third kappa shape index (κ3) is 1.76. The zero-order valence-electron chi connectivity index (χ0n) is 8.45. The van der Waals surface area contributed by atoms with Crippen LogP contribution in [0.1, 0.15) is 24.5 Å². The lowest BCUT2D eigenvalue weighted by molar-refractivity contribution is 0.0305. The molecule has 0 saturated carbocycles. The minimum atomic E-state index is 0.740. The molecule has 0 bridgehead atoms. The Morgan fingerprint density at radius 3 is 2.85 bits per heavy atom. The van der Waals surface area contributed by atoms with Crippen LogP contribution in [0, 0.1) is 12.8 Å². The number of thiazole rings is 1. The molecular formula is C10H16N2S. The lowest BCUT2D eigenvalue weighted by Gasteiger charge is -2.44. The van der Waals surface area contributed by atoms with Crippen LogP contribution in [0.4, 0.5) is 0 Å². The molecule has 1 aromatic rings. The highest BCUT2D eigenvalue weighted by molar-refractivity contribution is 7.09. The molecule has 3 heteroatoms. The van der Waals surface area contributed by atoms with E-state index >= 15 is 0 Å². The van der Waals surface area contributed by atoms with Gasteiger partial charge in [-0.15, -0.1) is 11.3 Å². The van der Waals surface area contributed by atoms with E-state index in [2.05, 4.69) is 36.0 Å². The first-order chi connectivity index (χ1) is 6.16. The van der Waals surface area contributed by atoms with Gasteiger partial charge in [-0.25, -0.2) is 4.98 Å². The topological polar surface area (TPSA) is 16.1 Å². The van der Waals surface area contributed by atoms with Gasteiger partial charge in [0.15, 0.2) is 0 Å². The summed E-state index contributed by atoms with van der Waals surface area (Å²) in [5.74, 6) is 0.862. The smallest absolute Gasteiger partial charge is 0.107 e. The lowest BCUT2D eigenvalue weighted by atomic mass is 9.92. The van der Waals surface area contributed by atoms with E-state index in [-0.39, 0.29) is 0 Å². The van der Waals surface area contributed by atoms with Crippen molar-refractivity contribution in [3.8, 4) is 0 Å². The van der Waals surface area contributed by atoms with Crippen molar-refractivity contribution in [3.63, 3.8) is 0 Å². The van der Waals surface area contributed by atoms with Crippen LogP contribution in [0.2, 0.25) is 0 Å². The Balaban J connectivity index is 1.93. The van der Waals surface area contributed by atoms with Gasteiger partial charge in [0.25, 0.3) is 0 Å². The lowest BCUT2D eigenvalue weighted by Crippen LogP contribution is -2.52. The van der Waals surface area contributed by atoms with Gasteiger partial charge in [-0.1, -0.05) is 6.92 Å². The Bertz CT molecular complexity index is 295. The first-order valence-electron chi connectivity index (χ1n) is 4.82. The average molecular weight is 196 g/mol. The number of nitrogens with zero attached hydrogens (tertiary/aromatic N) is 2. The second kappa shape index (κ2) is 3.39. The highest BCUT2D eigenvalue weighted by Gasteiger charge is 2.31. The van der Waals surface area contributed by atoms with Gasteiger partial charge >= 0.3 is 0 Å². The molecule has 2 nitrogen and oxygen atoms in total. The van der Waals surface area contributed by atoms with Crippen molar-refractivity contribution in [3.05, 3.63) is 16.1 Å². The average Bonchev–Trinajstić information content (AvgIpc) is 2.50. The normalized spacial score (nSPS) is 28.8. The molecular weight excluding hydrogens is 180 g/mol. The molecule has 1 aromatic heterocycles. The van der Waals surface area contributed by atoms with Crippen LogP contribution in [0.5, 0.6) is 0 Å². The van der Waals surface area contributed by atoms with Gasteiger partial charge in [0, 0.05) is 23.7 Å². The Morgan fingerprint density at radius 2 is 2.38 bits per heavy atom. The SMILES string of the molecule is Cc1csc(CN2CC(C)C2C)n1. The van der Waals surface area contributed by atoms with E-state index < -0.39 is 0 Å².